The van der Waals surface area contributed by atoms with Crippen molar-refractivity contribution in [1.29, 1.82) is 0 Å². The van der Waals surface area contributed by atoms with Crippen molar-refractivity contribution < 1.29 is 14.5 Å². The van der Waals surface area contributed by atoms with Crippen molar-refractivity contribution in [1.82, 2.24) is 5.32 Å². The van der Waals surface area contributed by atoms with Crippen LogP contribution in [0.2, 0.25) is 0 Å². The lowest BCUT2D eigenvalue weighted by atomic mass is 9.92. The normalized spacial score (nSPS) is 13.3. The first kappa shape index (κ1) is 14.6. The summed E-state index contributed by atoms with van der Waals surface area (Å²) >= 11 is 0. The van der Waals surface area contributed by atoms with Gasteiger partial charge in [-0.15, -0.1) is 0 Å². The third-order valence-electron chi connectivity index (χ3n) is 3.59. The fraction of sp³-hybridized carbons (Fsp3) is 0.0588. The lowest BCUT2D eigenvalue weighted by molar-refractivity contribution is -0.384. The highest BCUT2D eigenvalue weighted by molar-refractivity contribution is 6.24. The van der Waals surface area contributed by atoms with E-state index in [0.717, 1.165) is 5.56 Å². The number of carbonyl (C=O) groups excluding carboxylic acids is 2. The van der Waals surface area contributed by atoms with Gasteiger partial charge in [0.2, 0.25) is 5.78 Å². The lowest BCUT2D eigenvalue weighted by Crippen LogP contribution is -2.26. The maximum Gasteiger partial charge on any atom is 0.269 e. The van der Waals surface area contributed by atoms with E-state index in [1.165, 1.54) is 18.2 Å². The Bertz CT molecular complexity index is 838. The molecule has 1 aliphatic rings. The average Bonchev–Trinajstić information content (AvgIpc) is 2.57. The molecule has 0 bridgehead atoms. The van der Waals surface area contributed by atoms with E-state index < -0.39 is 4.92 Å². The molecule has 3 rings (SSSR count). The number of ketones is 2. The summed E-state index contributed by atoms with van der Waals surface area (Å²) in [6.45, 7) is 0.297. The smallest absolute Gasteiger partial charge is 0.269 e. The Morgan fingerprint density at radius 3 is 2.26 bits per heavy atom. The van der Waals surface area contributed by atoms with Crippen molar-refractivity contribution in [2.24, 2.45) is 0 Å². The summed E-state index contributed by atoms with van der Waals surface area (Å²) < 4.78 is 0. The summed E-state index contributed by atoms with van der Waals surface area (Å²) in [6, 6.07) is 12.7. The Balaban J connectivity index is 1.75. The van der Waals surface area contributed by atoms with Gasteiger partial charge in [-0.25, -0.2) is 0 Å². The fourth-order valence-electron chi connectivity index (χ4n) is 2.38. The third-order valence-corrected chi connectivity index (χ3v) is 3.59. The standard InChI is InChI=1S/C17H12N2O4/c20-16-9-15(17(21)14-4-2-1-3-13(14)16)18-10-11-5-7-12(8-6-11)19(22)23/h1-9,18H,10H2. The Labute approximate surface area is 131 Å². The van der Waals surface area contributed by atoms with E-state index in [1.807, 2.05) is 0 Å². The maximum absolute atomic E-state index is 12.4. The lowest BCUT2D eigenvalue weighted by Gasteiger charge is -2.16. The molecule has 114 valence electrons. The first-order chi connectivity index (χ1) is 11.1. The SMILES string of the molecule is O=C1C=C(NCc2ccc([N+](=O)[O-])cc2)C(=O)c2ccccc21. The number of non-ortho nitro benzene ring substituents is 1. The summed E-state index contributed by atoms with van der Waals surface area (Å²) in [6.07, 6.45) is 1.29. The Morgan fingerprint density at radius 1 is 0.957 bits per heavy atom. The number of carbonyl (C=O) groups is 2. The highest BCUT2D eigenvalue weighted by Crippen LogP contribution is 2.20. The largest absolute Gasteiger partial charge is 0.378 e. The van der Waals surface area contributed by atoms with Gasteiger partial charge in [-0.1, -0.05) is 36.4 Å². The van der Waals surface area contributed by atoms with E-state index in [0.29, 0.717) is 17.7 Å². The molecular formula is C17H12N2O4. The number of rotatable bonds is 4. The Morgan fingerprint density at radius 2 is 1.61 bits per heavy atom. The van der Waals surface area contributed by atoms with E-state index in [2.05, 4.69) is 5.32 Å². The van der Waals surface area contributed by atoms with E-state index in [-0.39, 0.29) is 23.0 Å². The molecular weight excluding hydrogens is 296 g/mol. The van der Waals surface area contributed by atoms with Gasteiger partial charge in [-0.2, -0.15) is 0 Å². The molecule has 6 nitrogen and oxygen atoms in total. The van der Waals surface area contributed by atoms with Gasteiger partial charge in [0, 0.05) is 35.9 Å². The molecule has 1 aliphatic carbocycles. The predicted molar refractivity (Wildman–Crippen MR) is 83.1 cm³/mol. The Kier molecular flexibility index (Phi) is 3.72. The van der Waals surface area contributed by atoms with E-state index in [9.17, 15) is 19.7 Å². The zero-order valence-electron chi connectivity index (χ0n) is 12.0. The van der Waals surface area contributed by atoms with Gasteiger partial charge in [0.1, 0.15) is 0 Å². The molecule has 0 heterocycles. The molecule has 2 aromatic carbocycles. The number of fused-ring (bicyclic) bond motifs is 1. The van der Waals surface area contributed by atoms with E-state index in [1.54, 1.807) is 36.4 Å². The van der Waals surface area contributed by atoms with Crippen LogP contribution in [0, 0.1) is 10.1 Å². The van der Waals surface area contributed by atoms with Gasteiger partial charge in [0.25, 0.3) is 5.69 Å². The molecule has 23 heavy (non-hydrogen) atoms. The van der Waals surface area contributed by atoms with Crippen LogP contribution in [0.5, 0.6) is 0 Å². The number of hydrogen-bond donors (Lipinski definition) is 1. The summed E-state index contributed by atoms with van der Waals surface area (Å²) in [4.78, 5) is 34.5. The minimum atomic E-state index is -0.472. The monoisotopic (exact) mass is 308 g/mol. The van der Waals surface area contributed by atoms with Gasteiger partial charge in [-0.05, 0) is 5.56 Å². The third kappa shape index (κ3) is 2.87. The number of Topliss-reactive ketones (excluding diaryl/α,β-unsaturated/α-hetero) is 1. The summed E-state index contributed by atoms with van der Waals surface area (Å²) in [7, 11) is 0. The van der Waals surface area contributed by atoms with Crippen molar-refractivity contribution in [3.63, 3.8) is 0 Å². The van der Waals surface area contributed by atoms with Crippen LogP contribution in [0.4, 0.5) is 5.69 Å². The van der Waals surface area contributed by atoms with Gasteiger partial charge in [0.05, 0.1) is 10.6 Å². The van der Waals surface area contributed by atoms with Crippen LogP contribution in [0.1, 0.15) is 26.3 Å². The zero-order chi connectivity index (χ0) is 16.4. The first-order valence-corrected chi connectivity index (χ1v) is 6.93. The van der Waals surface area contributed by atoms with Crippen LogP contribution in [0.15, 0.2) is 60.3 Å². The molecule has 1 N–H and O–H groups in total. The molecule has 0 amide bonds. The van der Waals surface area contributed by atoms with Gasteiger partial charge in [-0.3, -0.25) is 19.7 Å². The number of hydrogen-bond acceptors (Lipinski definition) is 5. The van der Waals surface area contributed by atoms with Gasteiger partial charge >= 0.3 is 0 Å². The number of nitrogens with zero attached hydrogens (tertiary/aromatic N) is 1. The van der Waals surface area contributed by atoms with E-state index in [4.69, 9.17) is 0 Å². The van der Waals surface area contributed by atoms with Crippen LogP contribution >= 0.6 is 0 Å². The summed E-state index contributed by atoms with van der Waals surface area (Å²) in [5, 5.41) is 13.5. The minimum absolute atomic E-state index is 0.00538. The van der Waals surface area contributed by atoms with E-state index >= 15 is 0 Å². The second kappa shape index (κ2) is 5.84. The molecule has 0 aromatic heterocycles. The molecule has 2 aromatic rings. The fourth-order valence-corrected chi connectivity index (χ4v) is 2.38. The number of allylic oxidation sites excluding steroid dienone is 2. The molecule has 0 saturated carbocycles. The first-order valence-electron chi connectivity index (χ1n) is 6.93. The van der Waals surface area contributed by atoms with Gasteiger partial charge < -0.3 is 5.32 Å². The van der Waals surface area contributed by atoms with Gasteiger partial charge in [0.15, 0.2) is 5.78 Å². The van der Waals surface area contributed by atoms with Crippen molar-refractivity contribution in [3.05, 3.63) is 87.1 Å². The number of nitro benzene ring substituents is 1. The van der Waals surface area contributed by atoms with Crippen LogP contribution < -0.4 is 5.32 Å². The number of nitro groups is 1. The summed E-state index contributed by atoms with van der Waals surface area (Å²) in [5.74, 6) is -0.450. The van der Waals surface area contributed by atoms with Crippen LogP contribution in [-0.4, -0.2) is 16.5 Å². The van der Waals surface area contributed by atoms with Crippen molar-refractivity contribution in [2.75, 3.05) is 0 Å². The van der Waals surface area contributed by atoms with Crippen molar-refractivity contribution in [3.8, 4) is 0 Å². The van der Waals surface area contributed by atoms with Crippen LogP contribution in [0.3, 0.4) is 0 Å². The molecule has 0 unspecified atom stereocenters. The maximum atomic E-state index is 12.4. The molecule has 0 atom stereocenters. The second-order valence-corrected chi connectivity index (χ2v) is 5.07. The molecule has 0 saturated heterocycles. The number of benzene rings is 2. The van der Waals surface area contributed by atoms with Crippen LogP contribution in [-0.2, 0) is 6.54 Å². The molecule has 0 spiro atoms. The van der Waals surface area contributed by atoms with Crippen LogP contribution in [0.25, 0.3) is 0 Å². The highest BCUT2D eigenvalue weighted by atomic mass is 16.6. The predicted octanol–water partition coefficient (Wildman–Crippen LogP) is 2.65. The molecule has 0 aliphatic heterocycles. The average molecular weight is 308 g/mol. The summed E-state index contributed by atoms with van der Waals surface area (Å²) in [5.41, 5.74) is 1.79. The topological polar surface area (TPSA) is 89.3 Å². The molecule has 6 heteroatoms. The molecule has 0 fully saturated rings. The van der Waals surface area contributed by atoms with Crippen molar-refractivity contribution >= 4 is 17.3 Å². The quantitative estimate of drug-likeness (QED) is 0.692. The highest BCUT2D eigenvalue weighted by Gasteiger charge is 2.24. The molecule has 0 radical (unpaired) electrons. The number of nitrogens with one attached hydrogen (secondary N) is 1. The zero-order valence-corrected chi connectivity index (χ0v) is 12.0. The second-order valence-electron chi connectivity index (χ2n) is 5.07. The minimum Gasteiger partial charge on any atom is -0.378 e. The Hall–Kier alpha value is -3.28. The van der Waals surface area contributed by atoms with Crippen molar-refractivity contribution in [2.45, 2.75) is 6.54 Å².